The van der Waals surface area contributed by atoms with Crippen molar-refractivity contribution in [3.05, 3.63) is 82.9 Å². The van der Waals surface area contributed by atoms with Crippen LogP contribution in [0.15, 0.2) is 60.7 Å². The van der Waals surface area contributed by atoms with E-state index in [0.29, 0.717) is 148 Å². The van der Waals surface area contributed by atoms with Gasteiger partial charge in [-0.1, -0.05) is 0 Å². The molecule has 0 fully saturated rings. The van der Waals surface area contributed by atoms with Crippen molar-refractivity contribution in [2.24, 2.45) is 0 Å². The average Bonchev–Trinajstić information content (AvgIpc) is 3.38. The second-order valence-corrected chi connectivity index (χ2v) is 14.7. The second-order valence-electron chi connectivity index (χ2n) is 14.7. The topological polar surface area (TPSA) is 200 Å². The number of benzene rings is 4. The molecule has 20 nitrogen and oxygen atoms in total. The van der Waals surface area contributed by atoms with Crippen molar-refractivity contribution in [3.63, 3.8) is 0 Å². The normalized spacial score (nSPS) is 15.3. The molecule has 4 aromatic rings. The summed E-state index contributed by atoms with van der Waals surface area (Å²) in [6, 6.07) is 16.6. The lowest BCUT2D eigenvalue weighted by molar-refractivity contribution is 0.00430. The quantitative estimate of drug-likeness (QED) is 0.155. The van der Waals surface area contributed by atoms with E-state index >= 15 is 0 Å². The van der Waals surface area contributed by atoms with Crippen LogP contribution in [-0.2, 0) is 51.1 Å². The van der Waals surface area contributed by atoms with E-state index in [1.165, 1.54) is 66.9 Å². The molecule has 0 atom stereocenters. The van der Waals surface area contributed by atoms with Gasteiger partial charge in [0.1, 0.15) is 62.6 Å². The van der Waals surface area contributed by atoms with E-state index in [0.717, 1.165) is 0 Å². The van der Waals surface area contributed by atoms with E-state index in [-0.39, 0.29) is 50.8 Å². The molecule has 0 spiro atoms. The van der Waals surface area contributed by atoms with Gasteiger partial charge in [0.25, 0.3) is 0 Å². The van der Waals surface area contributed by atoms with Crippen LogP contribution >= 0.6 is 0 Å². The largest absolute Gasteiger partial charge is 0.493 e. The van der Waals surface area contributed by atoms with Gasteiger partial charge in [0, 0.05) is 12.1 Å². The van der Waals surface area contributed by atoms with E-state index in [9.17, 15) is 9.59 Å². The number of hydrogen-bond donors (Lipinski definition) is 0. The fraction of sp³-hybridized carbons (Fsp3) is 0.480. The third kappa shape index (κ3) is 18.2. The summed E-state index contributed by atoms with van der Waals surface area (Å²) in [6.45, 7) is 4.73. The maximum Gasteiger partial charge on any atom is 0.338 e. The minimum Gasteiger partial charge on any atom is -0.493 e. The Kier molecular flexibility index (Phi) is 24.1. The van der Waals surface area contributed by atoms with Gasteiger partial charge in [0.2, 0.25) is 11.5 Å². The van der Waals surface area contributed by atoms with Crippen molar-refractivity contribution in [1.29, 1.82) is 0 Å². The number of rotatable bonds is 12. The van der Waals surface area contributed by atoms with Crippen molar-refractivity contribution >= 4 is 11.9 Å². The summed E-state index contributed by atoms with van der Waals surface area (Å²) < 4.78 is 102. The fourth-order valence-electron chi connectivity index (χ4n) is 6.58. The Morgan fingerprint density at radius 2 is 0.586 bits per heavy atom. The Labute approximate surface area is 407 Å². The lowest BCUT2D eigenvalue weighted by Gasteiger charge is -2.15. The van der Waals surface area contributed by atoms with Crippen LogP contribution in [0.25, 0.3) is 0 Å². The van der Waals surface area contributed by atoms with Gasteiger partial charge >= 0.3 is 11.9 Å². The fourth-order valence-corrected chi connectivity index (χ4v) is 6.58. The van der Waals surface area contributed by atoms with Crippen LogP contribution in [0, 0.1) is 0 Å². The molecule has 384 valence electrons. The van der Waals surface area contributed by atoms with Gasteiger partial charge in [0.05, 0.1) is 133 Å². The average molecular weight is 985 g/mol. The zero-order valence-corrected chi connectivity index (χ0v) is 40.7. The number of esters is 2. The van der Waals surface area contributed by atoms with Gasteiger partial charge in [0.15, 0.2) is 23.0 Å². The number of hydrogen-bond acceptors (Lipinski definition) is 20. The van der Waals surface area contributed by atoms with Crippen LogP contribution in [0.2, 0.25) is 0 Å². The molecule has 1 aliphatic heterocycles. The Bertz CT molecular complexity index is 1930. The Morgan fingerprint density at radius 3 is 0.814 bits per heavy atom. The Morgan fingerprint density at radius 1 is 0.343 bits per heavy atom. The molecule has 1 aliphatic rings. The second kappa shape index (κ2) is 30.9. The number of carbonyl (C=O) groups is 2. The van der Waals surface area contributed by atoms with Crippen molar-refractivity contribution in [1.82, 2.24) is 0 Å². The first-order valence-electron chi connectivity index (χ1n) is 22.5. The molecule has 4 aromatic carbocycles. The van der Waals surface area contributed by atoms with Gasteiger partial charge in [-0.15, -0.1) is 0 Å². The highest BCUT2D eigenvalue weighted by Gasteiger charge is 2.20. The summed E-state index contributed by atoms with van der Waals surface area (Å²) in [5.74, 6) is 2.79. The first-order chi connectivity index (χ1) is 34.3. The zero-order chi connectivity index (χ0) is 49.8. The molecule has 0 amide bonds. The number of ether oxygens (including phenoxy) is 18. The minimum atomic E-state index is -0.596. The molecule has 20 heteroatoms. The van der Waals surface area contributed by atoms with Crippen molar-refractivity contribution < 1.29 is 94.9 Å². The molecule has 0 aliphatic carbocycles. The third-order valence-corrected chi connectivity index (χ3v) is 9.89. The molecule has 0 aromatic heterocycles. The van der Waals surface area contributed by atoms with Crippen molar-refractivity contribution in [2.45, 2.75) is 13.2 Å². The molecular formula is C50H64O20. The SMILES string of the molecule is COc1cc(C(=O)OCc2cc3cc(c2)OCCOCCOCCOCCOc2cc(COC(=O)c4cc(OC)c(OC)c(OC)c4)cc(c2)OCCOCCOCCOCCO3)cc(OC)c1OC. The van der Waals surface area contributed by atoms with Gasteiger partial charge in [-0.3, -0.25) is 0 Å². The highest BCUT2D eigenvalue weighted by atomic mass is 16.6. The van der Waals surface area contributed by atoms with Gasteiger partial charge in [-0.05, 0) is 59.7 Å². The maximum atomic E-state index is 13.1. The molecule has 1 heterocycles. The minimum absolute atomic E-state index is 0.0756. The molecule has 0 radical (unpaired) electrons. The van der Waals surface area contributed by atoms with Gasteiger partial charge in [-0.25, -0.2) is 9.59 Å². The molecule has 0 N–H and O–H groups in total. The number of carbonyl (C=O) groups excluding carboxylic acids is 2. The maximum absolute atomic E-state index is 13.1. The van der Waals surface area contributed by atoms with Crippen LogP contribution < -0.4 is 47.4 Å². The molecule has 70 heavy (non-hydrogen) atoms. The smallest absolute Gasteiger partial charge is 0.338 e. The van der Waals surface area contributed by atoms with Crippen molar-refractivity contribution in [2.75, 3.05) is 148 Å². The number of methoxy groups -OCH3 is 6. The highest BCUT2D eigenvalue weighted by molar-refractivity contribution is 5.92. The van der Waals surface area contributed by atoms with E-state index in [1.807, 2.05) is 0 Å². The summed E-state index contributed by atoms with van der Waals surface area (Å²) in [5.41, 5.74) is 1.70. The van der Waals surface area contributed by atoms with E-state index in [1.54, 1.807) is 36.4 Å². The summed E-state index contributed by atoms with van der Waals surface area (Å²) in [7, 11) is 8.83. The molecular weight excluding hydrogens is 921 g/mol. The summed E-state index contributed by atoms with van der Waals surface area (Å²) in [5, 5.41) is 0. The van der Waals surface area contributed by atoms with E-state index < -0.39 is 11.9 Å². The standard InChI is InChI=1S/C50H64O20/c1-53-43-27-37(28-44(54-2)47(43)57-5)49(51)69-33-35-23-39-31-40(24-35)66-20-16-62-12-8-60-10-14-64-18-22-68-42-26-36(34-70-50(52)38-29-45(55-3)48(58-6)46(30-38)56-4)25-41(32-42)67-21-17-63-13-9-59-7-11-61-15-19-65-39/h23-32H,7-22,33-34H2,1-6H3. The Balaban J connectivity index is 1.12. The predicted octanol–water partition coefficient (Wildman–Crippen LogP) is 5.78. The molecule has 4 bridgehead atoms. The van der Waals surface area contributed by atoms with Gasteiger partial charge in [-0.2, -0.15) is 0 Å². The highest BCUT2D eigenvalue weighted by Crippen LogP contribution is 2.40. The first-order valence-corrected chi connectivity index (χ1v) is 22.5. The van der Waals surface area contributed by atoms with Crippen LogP contribution in [0.5, 0.6) is 57.5 Å². The first kappa shape index (κ1) is 54.5. The lowest BCUT2D eigenvalue weighted by atomic mass is 10.1. The zero-order valence-electron chi connectivity index (χ0n) is 40.7. The van der Waals surface area contributed by atoms with Crippen molar-refractivity contribution in [3.8, 4) is 57.5 Å². The van der Waals surface area contributed by atoms with Crippen LogP contribution in [0.4, 0.5) is 0 Å². The monoisotopic (exact) mass is 984 g/mol. The third-order valence-electron chi connectivity index (χ3n) is 9.89. The lowest BCUT2D eigenvalue weighted by Crippen LogP contribution is -2.15. The van der Waals surface area contributed by atoms with E-state index in [2.05, 4.69) is 0 Å². The van der Waals surface area contributed by atoms with Gasteiger partial charge < -0.3 is 85.3 Å². The molecule has 0 unspecified atom stereocenters. The van der Waals surface area contributed by atoms with Crippen LogP contribution in [0.1, 0.15) is 31.8 Å². The summed E-state index contributed by atoms with van der Waals surface area (Å²) >= 11 is 0. The van der Waals surface area contributed by atoms with Crippen LogP contribution in [0.3, 0.4) is 0 Å². The summed E-state index contributed by atoms with van der Waals surface area (Å²) in [6.07, 6.45) is 0. The summed E-state index contributed by atoms with van der Waals surface area (Å²) in [4.78, 5) is 26.3. The van der Waals surface area contributed by atoms with Crippen LogP contribution in [-0.4, -0.2) is 160 Å². The molecule has 0 saturated heterocycles. The molecule has 5 rings (SSSR count). The van der Waals surface area contributed by atoms with E-state index in [4.69, 9.17) is 85.3 Å². The predicted molar refractivity (Wildman–Crippen MR) is 250 cm³/mol. The number of fused-ring (bicyclic) bond motifs is 4. The Hall–Kier alpha value is -6.42. The molecule has 0 saturated carbocycles.